The van der Waals surface area contributed by atoms with E-state index in [9.17, 15) is 0 Å². The molecule has 0 aliphatic carbocycles. The molecule has 0 fully saturated rings. The number of rotatable bonds is 0. The van der Waals surface area contributed by atoms with Gasteiger partial charge in [-0.2, -0.15) is 0 Å². The molecule has 1 radical (unpaired) electrons. The van der Waals surface area contributed by atoms with E-state index in [1.54, 1.807) is 0 Å². The van der Waals surface area contributed by atoms with E-state index in [2.05, 4.69) is 0 Å². The van der Waals surface area contributed by atoms with E-state index in [1.165, 1.54) is 0 Å². The van der Waals surface area contributed by atoms with E-state index in [-0.39, 0.29) is 22.4 Å². The van der Waals surface area contributed by atoms with Crippen LogP contribution < -0.4 is 74.5 Å². The molecular formula is AgCl4O16-4. The Morgan fingerprint density at radius 3 is 0.238 bits per heavy atom. The van der Waals surface area contributed by atoms with Gasteiger partial charge in [0.15, 0.2) is 0 Å². The molecule has 0 aromatic rings. The van der Waals surface area contributed by atoms with Gasteiger partial charge in [-0.25, -0.2) is 74.5 Å². The molecule has 0 N–H and O–H groups in total. The topological polar surface area (TPSA) is 369 Å². The maximum absolute atomic E-state index is 8.49. The molecule has 0 saturated heterocycles. The van der Waals surface area contributed by atoms with Gasteiger partial charge in [-0.15, -0.1) is 41.0 Å². The van der Waals surface area contributed by atoms with Gasteiger partial charge in [-0.3, -0.25) is 0 Å². The minimum atomic E-state index is -4.94. The third kappa shape index (κ3) is 4970. The zero-order valence-electron chi connectivity index (χ0n) is 8.35. The summed E-state index contributed by atoms with van der Waals surface area (Å²) in [6.07, 6.45) is 0. The first kappa shape index (κ1) is 33.8. The van der Waals surface area contributed by atoms with Gasteiger partial charge in [0.05, 0.1) is 0 Å². The van der Waals surface area contributed by atoms with Crippen LogP contribution >= 0.6 is 0 Å². The average Bonchev–Trinajstić information content (AvgIpc) is 1.62. The smallest absolute Gasteiger partial charge is 0 e. The van der Waals surface area contributed by atoms with Crippen molar-refractivity contribution in [1.82, 2.24) is 0 Å². The van der Waals surface area contributed by atoms with Gasteiger partial charge in [0.1, 0.15) is 0 Å². The van der Waals surface area contributed by atoms with Gasteiger partial charge in [-0.1, -0.05) is 0 Å². The van der Waals surface area contributed by atoms with Gasteiger partial charge in [0, 0.05) is 22.4 Å². The third-order valence-electron chi connectivity index (χ3n) is 0. The number of hydrogen-bond donors (Lipinski definition) is 0. The van der Waals surface area contributed by atoms with Crippen LogP contribution in [0.4, 0.5) is 0 Å². The Morgan fingerprint density at radius 1 is 0.238 bits per heavy atom. The summed E-state index contributed by atoms with van der Waals surface area (Å²) in [5, 5.41) is 0. The predicted octanol–water partition coefficient (Wildman–Crippen LogP) is -19.0. The van der Waals surface area contributed by atoms with E-state index < -0.39 is 41.0 Å². The minimum Gasteiger partial charge on any atom is -0.222 e. The Bertz CT molecular complexity index is 130. The predicted molar refractivity (Wildman–Crippen MR) is 0 cm³/mol. The Hall–Kier alpha value is 1.26. The first-order valence-corrected chi connectivity index (χ1v) is 7.41. The van der Waals surface area contributed by atoms with E-state index >= 15 is 0 Å². The summed E-state index contributed by atoms with van der Waals surface area (Å²) < 4.78 is 136. The van der Waals surface area contributed by atoms with Crippen molar-refractivity contribution in [2.24, 2.45) is 0 Å². The van der Waals surface area contributed by atoms with Crippen molar-refractivity contribution in [1.29, 1.82) is 0 Å². The van der Waals surface area contributed by atoms with Gasteiger partial charge >= 0.3 is 0 Å². The molecule has 0 atom stereocenters. The second kappa shape index (κ2) is 13.7. The standard InChI is InChI=1S/Ag.4ClHO4/c;4*2-1(3,4)5/h;4*(H,2,3,4,5)/p-4. The summed E-state index contributed by atoms with van der Waals surface area (Å²) in [6, 6.07) is 0. The van der Waals surface area contributed by atoms with Gasteiger partial charge < -0.3 is 0 Å². The molecule has 21 heavy (non-hydrogen) atoms. The molecule has 0 aliphatic rings. The zero-order chi connectivity index (χ0) is 18.0. The molecule has 21 heteroatoms. The second-order valence-corrected chi connectivity index (χ2v) is 4.54. The molecule has 0 amide bonds. The summed E-state index contributed by atoms with van der Waals surface area (Å²) in [7, 11) is -19.8. The van der Waals surface area contributed by atoms with Crippen molar-refractivity contribution < 1.29 is 138 Å². The SMILES string of the molecule is [Ag].[O-][Cl+3]([O-])([O-])[O-].[O-][Cl+3]([O-])([O-])[O-].[O-][Cl+3]([O-])([O-])[O-].[O-][Cl+3]([O-])([O-])[O-]. The normalized spacial score (nSPS) is 11.4. The molecule has 0 unspecified atom stereocenters. The van der Waals surface area contributed by atoms with Crippen molar-refractivity contribution >= 4 is 0 Å². The number of halogens is 4. The van der Waals surface area contributed by atoms with Crippen molar-refractivity contribution in [3.05, 3.63) is 0 Å². The van der Waals surface area contributed by atoms with Crippen LogP contribution in [0.2, 0.25) is 0 Å². The fourth-order valence-electron chi connectivity index (χ4n) is 0. The molecule has 0 aromatic heterocycles. The molecular weight excluding hydrogens is 506 g/mol. The summed E-state index contributed by atoms with van der Waals surface area (Å²) in [4.78, 5) is 0. The van der Waals surface area contributed by atoms with Crippen molar-refractivity contribution in [3.8, 4) is 0 Å². The Morgan fingerprint density at radius 2 is 0.238 bits per heavy atom. The van der Waals surface area contributed by atoms with Crippen LogP contribution in [0.15, 0.2) is 0 Å². The van der Waals surface area contributed by atoms with Gasteiger partial charge in [-0.05, 0) is 0 Å². The fourth-order valence-corrected chi connectivity index (χ4v) is 0. The molecule has 0 aromatic carbocycles. The Balaban J connectivity index is -0.0000000533. The van der Waals surface area contributed by atoms with Crippen molar-refractivity contribution in [3.63, 3.8) is 0 Å². The van der Waals surface area contributed by atoms with Gasteiger partial charge in [0.25, 0.3) is 0 Å². The summed E-state index contributed by atoms with van der Waals surface area (Å²) >= 11 is 0. The summed E-state index contributed by atoms with van der Waals surface area (Å²) in [5.74, 6) is 0. The average molecular weight is 506 g/mol. The monoisotopic (exact) mass is 503 g/mol. The van der Waals surface area contributed by atoms with Crippen LogP contribution in [0, 0.1) is 41.0 Å². The molecule has 0 heterocycles. The quantitative estimate of drug-likeness (QED) is 0.275. The van der Waals surface area contributed by atoms with Crippen LogP contribution in [0.5, 0.6) is 0 Å². The molecule has 0 spiro atoms. The zero-order valence-corrected chi connectivity index (χ0v) is 12.9. The van der Waals surface area contributed by atoms with Crippen LogP contribution in [0.1, 0.15) is 0 Å². The van der Waals surface area contributed by atoms with Crippen LogP contribution in [-0.4, -0.2) is 0 Å². The van der Waals surface area contributed by atoms with Gasteiger partial charge in [0.2, 0.25) is 0 Å². The van der Waals surface area contributed by atoms with E-state index in [1.807, 2.05) is 0 Å². The van der Waals surface area contributed by atoms with Crippen LogP contribution in [0.3, 0.4) is 0 Å². The Labute approximate surface area is 138 Å². The summed E-state index contributed by atoms with van der Waals surface area (Å²) in [6.45, 7) is 0. The molecule has 0 aliphatic heterocycles. The third-order valence-corrected chi connectivity index (χ3v) is 0. The maximum Gasteiger partial charge on any atom is 0 e. The number of hydrogen-bond acceptors (Lipinski definition) is 16. The Kier molecular flexibility index (Phi) is 22.0. The first-order valence-electron chi connectivity index (χ1n) is 2.47. The molecule has 16 nitrogen and oxygen atoms in total. The van der Waals surface area contributed by atoms with Crippen molar-refractivity contribution in [2.75, 3.05) is 0 Å². The van der Waals surface area contributed by atoms with E-state index in [4.69, 9.17) is 74.5 Å². The first-order chi connectivity index (χ1) is 8.00. The second-order valence-electron chi connectivity index (χ2n) is 1.51. The molecule has 139 valence electrons. The van der Waals surface area contributed by atoms with E-state index in [0.717, 1.165) is 0 Å². The van der Waals surface area contributed by atoms with Crippen molar-refractivity contribution in [2.45, 2.75) is 0 Å². The van der Waals surface area contributed by atoms with Crippen LogP contribution in [0.25, 0.3) is 0 Å². The summed E-state index contributed by atoms with van der Waals surface area (Å²) in [5.41, 5.74) is 0. The molecule has 0 bridgehead atoms. The largest absolute Gasteiger partial charge is 0.222 e. The van der Waals surface area contributed by atoms with Crippen LogP contribution in [-0.2, 0) is 22.4 Å². The molecule has 0 saturated carbocycles. The fraction of sp³-hybridized carbons (Fsp3) is 0. The minimum absolute atomic E-state index is 0. The molecule has 0 rings (SSSR count). The maximum atomic E-state index is 8.49. The van der Waals surface area contributed by atoms with E-state index in [0.29, 0.717) is 0 Å².